The Hall–Kier alpha value is -2.90. The van der Waals surface area contributed by atoms with Crippen LogP contribution < -0.4 is 5.32 Å². The highest BCUT2D eigenvalue weighted by Crippen LogP contribution is 2.51. The average molecular weight is 422 g/mol. The molecule has 30 heavy (non-hydrogen) atoms. The molecule has 3 rings (SSSR count). The molecule has 0 saturated heterocycles. The van der Waals surface area contributed by atoms with Crippen molar-refractivity contribution in [2.45, 2.75) is 32.0 Å². The van der Waals surface area contributed by atoms with E-state index in [-0.39, 0.29) is 42.8 Å². The summed E-state index contributed by atoms with van der Waals surface area (Å²) in [5, 5.41) is 2.67. The number of carbonyl (C=O) groups excluding carboxylic acids is 2. The Morgan fingerprint density at radius 2 is 1.77 bits per heavy atom. The van der Waals surface area contributed by atoms with E-state index in [1.807, 2.05) is 0 Å². The van der Waals surface area contributed by atoms with E-state index in [4.69, 9.17) is 0 Å². The van der Waals surface area contributed by atoms with Gasteiger partial charge in [0.05, 0.1) is 12.1 Å². The molecular formula is C22H22F4N2O2. The van der Waals surface area contributed by atoms with E-state index in [9.17, 15) is 27.2 Å². The van der Waals surface area contributed by atoms with Crippen molar-refractivity contribution < 1.29 is 27.2 Å². The third-order valence-electron chi connectivity index (χ3n) is 5.20. The standard InChI is InChI=1S/C22H22F4N2O2/c1-2-28(13-20(29)27-12-14-7-9-15(23)10-8-14)21(30)18-11-17(18)16-5-3-4-6-19(16)22(24,25)26/h3-10,17-18H,2,11-13H2,1H3,(H,27,29). The minimum Gasteiger partial charge on any atom is -0.350 e. The zero-order valence-corrected chi connectivity index (χ0v) is 16.4. The van der Waals surface area contributed by atoms with Gasteiger partial charge in [-0.25, -0.2) is 4.39 Å². The zero-order chi connectivity index (χ0) is 21.9. The maximum atomic E-state index is 13.2. The number of hydrogen-bond donors (Lipinski definition) is 1. The van der Waals surface area contributed by atoms with E-state index in [2.05, 4.69) is 5.32 Å². The number of amides is 2. The predicted octanol–water partition coefficient (Wildman–Crippen LogP) is 4.11. The number of alkyl halides is 3. The summed E-state index contributed by atoms with van der Waals surface area (Å²) < 4.78 is 52.6. The van der Waals surface area contributed by atoms with Crippen molar-refractivity contribution in [1.29, 1.82) is 0 Å². The normalized spacial score (nSPS) is 18.0. The van der Waals surface area contributed by atoms with Crippen LogP contribution in [0.1, 0.15) is 36.0 Å². The summed E-state index contributed by atoms with van der Waals surface area (Å²) in [4.78, 5) is 26.3. The molecule has 2 atom stereocenters. The molecule has 2 amide bonds. The van der Waals surface area contributed by atoms with Gasteiger partial charge in [0, 0.05) is 19.0 Å². The van der Waals surface area contributed by atoms with Gasteiger partial charge < -0.3 is 10.2 Å². The molecular weight excluding hydrogens is 400 g/mol. The fourth-order valence-electron chi connectivity index (χ4n) is 3.50. The quantitative estimate of drug-likeness (QED) is 0.683. The first kappa shape index (κ1) is 21.8. The minimum absolute atomic E-state index is 0.125. The monoisotopic (exact) mass is 422 g/mol. The van der Waals surface area contributed by atoms with Crippen LogP contribution in [0.4, 0.5) is 17.6 Å². The van der Waals surface area contributed by atoms with Crippen molar-refractivity contribution >= 4 is 11.8 Å². The van der Waals surface area contributed by atoms with Crippen molar-refractivity contribution in [1.82, 2.24) is 10.2 Å². The van der Waals surface area contributed by atoms with Crippen LogP contribution in [0, 0.1) is 11.7 Å². The molecule has 0 aromatic heterocycles. The highest BCUT2D eigenvalue weighted by molar-refractivity contribution is 5.88. The van der Waals surface area contributed by atoms with Gasteiger partial charge in [0.1, 0.15) is 5.82 Å². The number of halogens is 4. The molecule has 8 heteroatoms. The van der Waals surface area contributed by atoms with Gasteiger partial charge in [-0.15, -0.1) is 0 Å². The first-order valence-electron chi connectivity index (χ1n) is 9.66. The van der Waals surface area contributed by atoms with E-state index in [0.29, 0.717) is 12.0 Å². The predicted molar refractivity (Wildman–Crippen MR) is 103 cm³/mol. The molecule has 2 aromatic rings. The van der Waals surface area contributed by atoms with E-state index in [0.717, 1.165) is 6.07 Å². The highest BCUT2D eigenvalue weighted by atomic mass is 19.4. The van der Waals surface area contributed by atoms with Crippen LogP contribution in [0.5, 0.6) is 0 Å². The first-order valence-corrected chi connectivity index (χ1v) is 9.66. The van der Waals surface area contributed by atoms with Crippen LogP contribution >= 0.6 is 0 Å². The molecule has 0 heterocycles. The van der Waals surface area contributed by atoms with Gasteiger partial charge in [-0.1, -0.05) is 30.3 Å². The van der Waals surface area contributed by atoms with Crippen molar-refractivity contribution in [3.05, 3.63) is 71.0 Å². The highest BCUT2D eigenvalue weighted by Gasteiger charge is 2.49. The number of carbonyl (C=O) groups is 2. The number of likely N-dealkylation sites (N-methyl/N-ethyl adjacent to an activating group) is 1. The molecule has 2 unspecified atom stereocenters. The average Bonchev–Trinajstić information content (AvgIpc) is 3.51. The molecule has 1 aliphatic rings. The molecule has 1 aliphatic carbocycles. The van der Waals surface area contributed by atoms with Gasteiger partial charge in [0.2, 0.25) is 11.8 Å². The summed E-state index contributed by atoms with van der Waals surface area (Å²) in [6.07, 6.45) is -4.14. The van der Waals surface area contributed by atoms with Crippen LogP contribution in [0.15, 0.2) is 48.5 Å². The zero-order valence-electron chi connectivity index (χ0n) is 16.4. The fraction of sp³-hybridized carbons (Fsp3) is 0.364. The molecule has 1 N–H and O–H groups in total. The van der Waals surface area contributed by atoms with E-state index in [1.54, 1.807) is 19.1 Å². The molecule has 4 nitrogen and oxygen atoms in total. The minimum atomic E-state index is -4.47. The Labute approximate surface area is 171 Å². The largest absolute Gasteiger partial charge is 0.416 e. The second-order valence-corrected chi connectivity index (χ2v) is 7.29. The third-order valence-corrected chi connectivity index (χ3v) is 5.20. The topological polar surface area (TPSA) is 49.4 Å². The Kier molecular flexibility index (Phi) is 6.43. The van der Waals surface area contributed by atoms with E-state index >= 15 is 0 Å². The number of rotatable bonds is 7. The molecule has 1 fully saturated rings. The summed E-state index contributed by atoms with van der Waals surface area (Å²) in [5.74, 6) is -2.14. The molecule has 0 spiro atoms. The van der Waals surface area contributed by atoms with Gasteiger partial charge in [0.15, 0.2) is 0 Å². The maximum absolute atomic E-state index is 13.2. The Morgan fingerprint density at radius 3 is 2.40 bits per heavy atom. The lowest BCUT2D eigenvalue weighted by Crippen LogP contribution is -2.41. The van der Waals surface area contributed by atoms with Crippen LogP contribution in [0.25, 0.3) is 0 Å². The summed E-state index contributed by atoms with van der Waals surface area (Å²) in [6, 6.07) is 11.0. The van der Waals surface area contributed by atoms with Gasteiger partial charge in [-0.2, -0.15) is 13.2 Å². The third kappa shape index (κ3) is 5.17. The summed E-state index contributed by atoms with van der Waals surface area (Å²) in [6.45, 7) is 2.00. The number of nitrogens with zero attached hydrogens (tertiary/aromatic N) is 1. The fourth-order valence-corrected chi connectivity index (χ4v) is 3.50. The van der Waals surface area contributed by atoms with Gasteiger partial charge >= 0.3 is 6.18 Å². The molecule has 160 valence electrons. The Bertz CT molecular complexity index is 912. The SMILES string of the molecule is CCN(CC(=O)NCc1ccc(F)cc1)C(=O)C1CC1c1ccccc1C(F)(F)F. The molecule has 0 aliphatic heterocycles. The van der Waals surface area contributed by atoms with E-state index < -0.39 is 23.6 Å². The van der Waals surface area contributed by atoms with Gasteiger partial charge in [-0.05, 0) is 48.6 Å². The number of nitrogens with one attached hydrogen (secondary N) is 1. The summed E-state index contributed by atoms with van der Waals surface area (Å²) in [5.41, 5.74) is 0.121. The molecule has 0 bridgehead atoms. The number of benzene rings is 2. The van der Waals surface area contributed by atoms with Crippen molar-refractivity contribution in [3.8, 4) is 0 Å². The van der Waals surface area contributed by atoms with Crippen LogP contribution in [0.3, 0.4) is 0 Å². The molecule has 1 saturated carbocycles. The second kappa shape index (κ2) is 8.85. The van der Waals surface area contributed by atoms with Crippen molar-refractivity contribution in [2.24, 2.45) is 5.92 Å². The first-order chi connectivity index (χ1) is 14.2. The Balaban J connectivity index is 1.58. The smallest absolute Gasteiger partial charge is 0.350 e. The van der Waals surface area contributed by atoms with E-state index in [1.165, 1.54) is 35.2 Å². The second-order valence-electron chi connectivity index (χ2n) is 7.29. The maximum Gasteiger partial charge on any atom is 0.416 e. The van der Waals surface area contributed by atoms with Crippen LogP contribution in [-0.2, 0) is 22.3 Å². The van der Waals surface area contributed by atoms with Crippen LogP contribution in [0.2, 0.25) is 0 Å². The van der Waals surface area contributed by atoms with Crippen molar-refractivity contribution in [2.75, 3.05) is 13.1 Å². The molecule has 0 radical (unpaired) electrons. The lowest BCUT2D eigenvalue weighted by Gasteiger charge is -2.21. The summed E-state index contributed by atoms with van der Waals surface area (Å²) >= 11 is 0. The summed E-state index contributed by atoms with van der Waals surface area (Å²) in [7, 11) is 0. The lowest BCUT2D eigenvalue weighted by atomic mass is 10.0. The Morgan fingerprint density at radius 1 is 1.10 bits per heavy atom. The molecule has 2 aromatic carbocycles. The van der Waals surface area contributed by atoms with Crippen molar-refractivity contribution in [3.63, 3.8) is 0 Å². The van der Waals surface area contributed by atoms with Gasteiger partial charge in [0.25, 0.3) is 0 Å². The lowest BCUT2D eigenvalue weighted by molar-refractivity contribution is -0.139. The van der Waals surface area contributed by atoms with Crippen LogP contribution in [-0.4, -0.2) is 29.8 Å². The number of hydrogen-bond acceptors (Lipinski definition) is 2. The van der Waals surface area contributed by atoms with Gasteiger partial charge in [-0.3, -0.25) is 9.59 Å².